The van der Waals surface area contributed by atoms with Crippen molar-refractivity contribution in [2.75, 3.05) is 19.5 Å². The first-order chi connectivity index (χ1) is 18.0. The molecule has 3 aromatic carbocycles. The van der Waals surface area contributed by atoms with Gasteiger partial charge in [-0.2, -0.15) is 0 Å². The average Bonchev–Trinajstić information content (AvgIpc) is 3.20. The number of rotatable bonds is 7. The summed E-state index contributed by atoms with van der Waals surface area (Å²) in [6.07, 6.45) is 0.0326. The predicted octanol–water partition coefficient (Wildman–Crippen LogP) is 5.03. The highest BCUT2D eigenvalue weighted by Crippen LogP contribution is 2.23. The van der Waals surface area contributed by atoms with Gasteiger partial charge >= 0.3 is 5.69 Å². The third-order valence-corrected chi connectivity index (χ3v) is 6.13. The molecule has 1 amide bonds. The van der Waals surface area contributed by atoms with Gasteiger partial charge in [0.15, 0.2) is 5.65 Å². The maximum Gasteiger partial charge on any atom is 0.339 e. The molecule has 0 unspecified atom stereocenters. The van der Waals surface area contributed by atoms with Crippen LogP contribution in [-0.2, 0) is 11.2 Å². The predicted molar refractivity (Wildman–Crippen MR) is 144 cm³/mol. The molecule has 9 heteroatoms. The number of anilines is 1. The Morgan fingerprint density at radius 2 is 1.38 bits per heavy atom. The van der Waals surface area contributed by atoms with E-state index < -0.39 is 0 Å². The molecule has 0 aliphatic heterocycles. The van der Waals surface area contributed by atoms with Gasteiger partial charge in [0.2, 0.25) is 5.91 Å². The van der Waals surface area contributed by atoms with Crippen LogP contribution in [0.15, 0.2) is 89.7 Å². The van der Waals surface area contributed by atoms with E-state index in [1.54, 1.807) is 104 Å². The van der Waals surface area contributed by atoms with Crippen LogP contribution in [-0.4, -0.2) is 34.2 Å². The Hall–Kier alpha value is -4.56. The fraction of sp³-hybridized carbons (Fsp3) is 0.107. The lowest BCUT2D eigenvalue weighted by molar-refractivity contribution is -0.115. The number of pyridine rings is 1. The van der Waals surface area contributed by atoms with E-state index in [-0.39, 0.29) is 18.0 Å². The van der Waals surface area contributed by atoms with E-state index in [0.717, 1.165) is 0 Å². The number of benzene rings is 3. The molecule has 0 bridgehead atoms. The van der Waals surface area contributed by atoms with Gasteiger partial charge in [-0.1, -0.05) is 11.6 Å². The third kappa shape index (κ3) is 4.92. The van der Waals surface area contributed by atoms with Gasteiger partial charge in [-0.15, -0.1) is 0 Å². The first-order valence-corrected chi connectivity index (χ1v) is 11.8. The fourth-order valence-electron chi connectivity index (χ4n) is 4.06. The number of fused-ring (bicyclic) bond motifs is 1. The molecule has 0 aliphatic rings. The van der Waals surface area contributed by atoms with E-state index in [2.05, 4.69) is 5.32 Å². The van der Waals surface area contributed by atoms with E-state index in [0.29, 0.717) is 50.4 Å². The number of aromatic nitrogens is 3. The molecule has 2 aromatic heterocycles. The van der Waals surface area contributed by atoms with Crippen molar-refractivity contribution >= 4 is 34.4 Å². The zero-order valence-corrected chi connectivity index (χ0v) is 20.9. The molecule has 37 heavy (non-hydrogen) atoms. The zero-order chi connectivity index (χ0) is 25.9. The standard InChI is InChI=1S/C28H23ClN4O4/c1-36-23-12-5-19(6-13-23)30-26(34)17-20-7-16-25-27(31-20)33(22-10-14-24(37-2)15-11-22)28(35)32(25)21-8-3-18(29)4-9-21/h3-16H,17H2,1-2H3,(H,30,34). The number of methoxy groups -OCH3 is 2. The van der Waals surface area contributed by atoms with Crippen LogP contribution in [0.5, 0.6) is 11.5 Å². The summed E-state index contributed by atoms with van der Waals surface area (Å²) in [5.41, 5.74) is 3.18. The maximum absolute atomic E-state index is 13.7. The van der Waals surface area contributed by atoms with Crippen LogP contribution >= 0.6 is 11.6 Å². The van der Waals surface area contributed by atoms with Crippen molar-refractivity contribution in [1.29, 1.82) is 0 Å². The minimum absolute atomic E-state index is 0.0326. The number of ether oxygens (including phenoxy) is 2. The molecular formula is C28H23ClN4O4. The van der Waals surface area contributed by atoms with Crippen molar-refractivity contribution in [3.05, 3.63) is 106 Å². The zero-order valence-electron chi connectivity index (χ0n) is 20.1. The van der Waals surface area contributed by atoms with Crippen LogP contribution in [0, 0.1) is 0 Å². The number of halogens is 1. The smallest absolute Gasteiger partial charge is 0.339 e. The van der Waals surface area contributed by atoms with Gasteiger partial charge in [0.25, 0.3) is 0 Å². The van der Waals surface area contributed by atoms with Gasteiger partial charge in [0.1, 0.15) is 11.5 Å². The van der Waals surface area contributed by atoms with Crippen LogP contribution in [0.1, 0.15) is 5.69 Å². The van der Waals surface area contributed by atoms with Crippen molar-refractivity contribution in [3.8, 4) is 22.9 Å². The summed E-state index contributed by atoms with van der Waals surface area (Å²) in [6.45, 7) is 0. The van der Waals surface area contributed by atoms with E-state index >= 15 is 0 Å². The van der Waals surface area contributed by atoms with Gasteiger partial charge < -0.3 is 14.8 Å². The van der Waals surface area contributed by atoms with Gasteiger partial charge in [0, 0.05) is 10.7 Å². The fourth-order valence-corrected chi connectivity index (χ4v) is 4.19. The van der Waals surface area contributed by atoms with E-state index in [9.17, 15) is 9.59 Å². The second kappa shape index (κ2) is 10.2. The summed E-state index contributed by atoms with van der Waals surface area (Å²) in [6, 6.07) is 24.8. The molecule has 0 saturated carbocycles. The molecule has 0 saturated heterocycles. The SMILES string of the molecule is COc1ccc(NC(=O)Cc2ccc3c(n2)n(-c2ccc(OC)cc2)c(=O)n3-c2ccc(Cl)cc2)cc1. The first kappa shape index (κ1) is 24.1. The second-order valence-electron chi connectivity index (χ2n) is 8.23. The Kier molecular flexibility index (Phi) is 6.66. The summed E-state index contributed by atoms with van der Waals surface area (Å²) in [5.74, 6) is 1.14. The maximum atomic E-state index is 13.7. The summed E-state index contributed by atoms with van der Waals surface area (Å²) in [7, 11) is 3.17. The van der Waals surface area contributed by atoms with E-state index in [4.69, 9.17) is 26.1 Å². The van der Waals surface area contributed by atoms with Crippen LogP contribution in [0.2, 0.25) is 5.02 Å². The number of hydrogen-bond donors (Lipinski definition) is 1. The highest BCUT2D eigenvalue weighted by molar-refractivity contribution is 6.30. The van der Waals surface area contributed by atoms with Crippen molar-refractivity contribution in [3.63, 3.8) is 0 Å². The van der Waals surface area contributed by atoms with Crippen molar-refractivity contribution in [2.24, 2.45) is 0 Å². The van der Waals surface area contributed by atoms with Crippen LogP contribution < -0.4 is 20.5 Å². The summed E-state index contributed by atoms with van der Waals surface area (Å²) in [4.78, 5) is 31.2. The lowest BCUT2D eigenvalue weighted by Crippen LogP contribution is -2.22. The number of amides is 1. The molecule has 5 aromatic rings. The Morgan fingerprint density at radius 1 is 0.811 bits per heavy atom. The summed E-state index contributed by atoms with van der Waals surface area (Å²) >= 11 is 6.07. The largest absolute Gasteiger partial charge is 0.497 e. The Bertz CT molecular complexity index is 1620. The minimum atomic E-state index is -0.296. The molecule has 5 rings (SSSR count). The van der Waals surface area contributed by atoms with Gasteiger partial charge in [-0.05, 0) is 84.9 Å². The molecule has 0 radical (unpaired) electrons. The highest BCUT2D eigenvalue weighted by atomic mass is 35.5. The molecule has 1 N–H and O–H groups in total. The van der Waals surface area contributed by atoms with Gasteiger partial charge in [0.05, 0.1) is 43.2 Å². The quantitative estimate of drug-likeness (QED) is 0.329. The molecule has 8 nitrogen and oxygen atoms in total. The van der Waals surface area contributed by atoms with Crippen LogP contribution in [0.25, 0.3) is 22.5 Å². The molecule has 186 valence electrons. The lowest BCUT2D eigenvalue weighted by atomic mass is 10.2. The van der Waals surface area contributed by atoms with Gasteiger partial charge in [-0.3, -0.25) is 9.36 Å². The minimum Gasteiger partial charge on any atom is -0.497 e. The highest BCUT2D eigenvalue weighted by Gasteiger charge is 2.19. The molecular weight excluding hydrogens is 492 g/mol. The Labute approximate surface area is 217 Å². The number of imidazole rings is 1. The van der Waals surface area contributed by atoms with Crippen molar-refractivity contribution in [1.82, 2.24) is 14.1 Å². The summed E-state index contributed by atoms with van der Waals surface area (Å²) < 4.78 is 13.5. The molecule has 0 aliphatic carbocycles. The number of carbonyl (C=O) groups is 1. The normalized spacial score (nSPS) is 10.9. The number of hydrogen-bond acceptors (Lipinski definition) is 5. The van der Waals surface area contributed by atoms with Crippen LogP contribution in [0.3, 0.4) is 0 Å². The molecule has 2 heterocycles. The molecule has 0 spiro atoms. The number of nitrogens with zero attached hydrogens (tertiary/aromatic N) is 3. The Balaban J connectivity index is 1.55. The van der Waals surface area contributed by atoms with Crippen molar-refractivity contribution in [2.45, 2.75) is 6.42 Å². The average molecular weight is 515 g/mol. The molecule has 0 fully saturated rings. The molecule has 0 atom stereocenters. The third-order valence-electron chi connectivity index (χ3n) is 5.88. The summed E-state index contributed by atoms with van der Waals surface area (Å²) in [5, 5.41) is 3.43. The van der Waals surface area contributed by atoms with Gasteiger partial charge in [-0.25, -0.2) is 14.3 Å². The first-order valence-electron chi connectivity index (χ1n) is 11.4. The van der Waals surface area contributed by atoms with Crippen molar-refractivity contribution < 1.29 is 14.3 Å². The second-order valence-corrected chi connectivity index (χ2v) is 8.66. The topological polar surface area (TPSA) is 87.4 Å². The number of carbonyl (C=O) groups excluding carboxylic acids is 1. The van der Waals surface area contributed by atoms with E-state index in [1.807, 2.05) is 0 Å². The number of nitrogens with one attached hydrogen (secondary N) is 1. The lowest BCUT2D eigenvalue weighted by Gasteiger charge is -2.07. The van der Waals surface area contributed by atoms with E-state index in [1.165, 1.54) is 4.57 Å². The monoisotopic (exact) mass is 514 g/mol. The Morgan fingerprint density at radius 3 is 2.00 bits per heavy atom. The van der Waals surface area contributed by atoms with Crippen LogP contribution in [0.4, 0.5) is 5.69 Å².